The molecule has 19 heavy (non-hydrogen) atoms. The number of hydrogen-bond donors (Lipinski definition) is 0. The average Bonchev–Trinajstić information content (AvgIpc) is 2.14. The minimum absolute atomic E-state index is 0. The molecule has 0 fully saturated rings. The van der Waals surface area contributed by atoms with E-state index in [1.165, 1.54) is 17.9 Å². The first-order valence-electron chi connectivity index (χ1n) is 5.89. The van der Waals surface area contributed by atoms with Crippen molar-refractivity contribution in [3.8, 4) is 0 Å². The van der Waals surface area contributed by atoms with Crippen LogP contribution in [0.1, 0.15) is 53.5 Å². The zero-order valence-corrected chi connectivity index (χ0v) is 17.1. The second-order valence-electron chi connectivity index (χ2n) is 5.85. The molecule has 4 heteroatoms. The Kier molecular flexibility index (Phi) is 22.6. The van der Waals surface area contributed by atoms with E-state index in [1.807, 2.05) is 6.07 Å². The zero-order chi connectivity index (χ0) is 12.6. The van der Waals surface area contributed by atoms with E-state index in [0.717, 1.165) is 6.42 Å². The van der Waals surface area contributed by atoms with Gasteiger partial charge in [-0.2, -0.15) is 38.5 Å². The molecule has 1 aromatic heterocycles. The van der Waals surface area contributed by atoms with Crippen LogP contribution in [0.4, 0.5) is 0 Å². The molecular weight excluding hydrogens is 347 g/mol. The van der Waals surface area contributed by atoms with E-state index in [-0.39, 0.29) is 55.7 Å². The van der Waals surface area contributed by atoms with Gasteiger partial charge in [0.25, 0.3) is 0 Å². The fraction of sp³-hybridized carbons (Fsp3) is 0.600. The van der Waals surface area contributed by atoms with Crippen LogP contribution in [0.15, 0.2) is 18.3 Å². The molecule has 0 saturated heterocycles. The molecule has 0 aromatic carbocycles. The van der Waals surface area contributed by atoms with Gasteiger partial charge < -0.3 is 10.9 Å². The van der Waals surface area contributed by atoms with Gasteiger partial charge in [-0.25, -0.2) is 0 Å². The van der Waals surface area contributed by atoms with Crippen molar-refractivity contribution in [2.24, 2.45) is 5.41 Å². The van der Waals surface area contributed by atoms with Gasteiger partial charge in [0.15, 0.2) is 0 Å². The van der Waals surface area contributed by atoms with Crippen LogP contribution in [0.2, 0.25) is 0 Å². The second-order valence-corrected chi connectivity index (χ2v) is 5.85. The fourth-order valence-electron chi connectivity index (χ4n) is 1.02. The molecule has 105 valence electrons. The van der Waals surface area contributed by atoms with Crippen molar-refractivity contribution in [1.82, 2.24) is 4.98 Å². The van der Waals surface area contributed by atoms with Gasteiger partial charge in [-0.05, 0) is 5.41 Å². The molecule has 0 amide bonds. The van der Waals surface area contributed by atoms with Crippen molar-refractivity contribution in [1.29, 1.82) is 0 Å². The van der Waals surface area contributed by atoms with Crippen molar-refractivity contribution in [2.75, 3.05) is 0 Å². The fourth-order valence-corrected chi connectivity index (χ4v) is 1.02. The van der Waals surface area contributed by atoms with Crippen LogP contribution >= 0.6 is 0 Å². The molecule has 0 aliphatic heterocycles. The Balaban J connectivity index is -0.000000144. The molecule has 1 rings (SSSR count). The second kappa shape index (κ2) is 15.3. The normalized spacial score (nSPS) is 9.21. The molecule has 3 radical (unpaired) electrons. The van der Waals surface area contributed by atoms with Crippen molar-refractivity contribution in [3.63, 3.8) is 0 Å². The monoisotopic (exact) mass is 372 g/mol. The molecule has 0 bridgehead atoms. The van der Waals surface area contributed by atoms with Gasteiger partial charge in [0.1, 0.15) is 0 Å². The molecule has 0 aliphatic rings. The first-order chi connectivity index (χ1) is 7.31. The summed E-state index contributed by atoms with van der Waals surface area (Å²) in [4.78, 5) is 3.86. The minimum Gasteiger partial charge on any atom is -0.394 e. The number of rotatable bonds is 2. The van der Waals surface area contributed by atoms with Crippen LogP contribution in [-0.4, -0.2) is 4.98 Å². The van der Waals surface area contributed by atoms with Crippen molar-refractivity contribution < 1.29 is 55.7 Å². The Morgan fingerprint density at radius 3 is 1.95 bits per heavy atom. The third-order valence-corrected chi connectivity index (χ3v) is 1.85. The van der Waals surface area contributed by atoms with E-state index >= 15 is 0 Å². The summed E-state index contributed by atoms with van der Waals surface area (Å²) in [5, 5.41) is 0. The topological polar surface area (TPSA) is 12.9 Å². The number of aryl methyl sites for hydroxylation is 1. The maximum absolute atomic E-state index is 3.86. The molecule has 1 nitrogen and oxygen atoms in total. The molecule has 1 aromatic rings. The van der Waals surface area contributed by atoms with Gasteiger partial charge in [-0.1, -0.05) is 46.0 Å². The molecule has 0 N–H and O–H groups in total. The van der Waals surface area contributed by atoms with E-state index in [1.54, 1.807) is 6.20 Å². The van der Waals surface area contributed by atoms with Gasteiger partial charge >= 0.3 is 18.6 Å². The number of nitrogens with zero attached hydrogens (tertiary/aromatic N) is 1. The molecule has 0 saturated carbocycles. The van der Waals surface area contributed by atoms with Gasteiger partial charge in [-0.3, -0.25) is 0 Å². The third-order valence-electron chi connectivity index (χ3n) is 1.85. The number of hydrogen-bond acceptors (Lipinski definition) is 1. The van der Waals surface area contributed by atoms with Crippen molar-refractivity contribution >= 4 is 0 Å². The predicted molar refractivity (Wildman–Crippen MR) is 71.1 cm³/mol. The van der Waals surface area contributed by atoms with Crippen LogP contribution < -0.4 is 0 Å². The SMILES string of the molecule is CC(C)(C)CCc1c[c-]ncc1.C[C-](C)C.[V+2].[V].[V]. The predicted octanol–water partition coefficient (Wildman–Crippen LogP) is 4.47. The minimum atomic E-state index is 0. The standard InChI is InChI=1S/C11H16N.C4H9.3V/c1-11(2,3)7-4-10-5-8-12-9-6-10;1-4(2)3;;;/h5-6,8H,4,7H2,1-3H3;1-3H3;;;/q2*-1;;;+2. The van der Waals surface area contributed by atoms with Gasteiger partial charge in [-0.15, -0.1) is 0 Å². The Labute approximate surface area is 155 Å². The van der Waals surface area contributed by atoms with Crippen LogP contribution in [-0.2, 0) is 62.1 Å². The maximum atomic E-state index is 3.86. The summed E-state index contributed by atoms with van der Waals surface area (Å²) in [5.74, 6) is 1.42. The molecule has 0 unspecified atom stereocenters. The van der Waals surface area contributed by atoms with E-state index in [0.29, 0.717) is 5.41 Å². The van der Waals surface area contributed by atoms with E-state index < -0.39 is 0 Å². The molecule has 0 aliphatic carbocycles. The molecular formula is C15H25NV3. The summed E-state index contributed by atoms with van der Waals surface area (Å²) in [6.07, 6.45) is 6.99. The Morgan fingerprint density at radius 1 is 1.16 bits per heavy atom. The quantitative estimate of drug-likeness (QED) is 0.698. The summed E-state index contributed by atoms with van der Waals surface area (Å²) in [6.45, 7) is 13.0. The summed E-state index contributed by atoms with van der Waals surface area (Å²) in [7, 11) is 0. The summed E-state index contributed by atoms with van der Waals surface area (Å²) < 4.78 is 0. The summed E-state index contributed by atoms with van der Waals surface area (Å²) in [5.41, 5.74) is 1.75. The summed E-state index contributed by atoms with van der Waals surface area (Å²) in [6, 6.07) is 4.02. The van der Waals surface area contributed by atoms with Gasteiger partial charge in [0.05, 0.1) is 0 Å². The maximum Gasteiger partial charge on any atom is 2.00 e. The van der Waals surface area contributed by atoms with Crippen LogP contribution in [0.5, 0.6) is 0 Å². The largest absolute Gasteiger partial charge is 2.00 e. The Morgan fingerprint density at radius 2 is 1.63 bits per heavy atom. The van der Waals surface area contributed by atoms with E-state index in [9.17, 15) is 0 Å². The van der Waals surface area contributed by atoms with E-state index in [4.69, 9.17) is 0 Å². The molecule has 0 atom stereocenters. The summed E-state index contributed by atoms with van der Waals surface area (Å²) >= 11 is 0. The number of pyridine rings is 1. The first-order valence-corrected chi connectivity index (χ1v) is 5.89. The van der Waals surface area contributed by atoms with Crippen LogP contribution in [0, 0.1) is 17.5 Å². The Hall–Kier alpha value is 0.903. The van der Waals surface area contributed by atoms with Gasteiger partial charge in [0, 0.05) is 37.1 Å². The molecule has 0 spiro atoms. The average molecular weight is 372 g/mol. The Bertz CT molecular complexity index is 266. The third kappa shape index (κ3) is 24.3. The zero-order valence-electron chi connectivity index (χ0n) is 12.9. The van der Waals surface area contributed by atoms with E-state index in [2.05, 4.69) is 58.8 Å². The first kappa shape index (κ1) is 28.1. The van der Waals surface area contributed by atoms with Crippen molar-refractivity contribution in [2.45, 2.75) is 54.4 Å². The number of aromatic nitrogens is 1. The van der Waals surface area contributed by atoms with Crippen molar-refractivity contribution in [3.05, 3.63) is 36.0 Å². The van der Waals surface area contributed by atoms with Gasteiger partial charge in [0.2, 0.25) is 0 Å². The van der Waals surface area contributed by atoms with Crippen LogP contribution in [0.3, 0.4) is 0 Å². The van der Waals surface area contributed by atoms with Crippen LogP contribution in [0.25, 0.3) is 0 Å². The smallest absolute Gasteiger partial charge is 0.394 e. The molecule has 1 heterocycles.